The zero-order valence-electron chi connectivity index (χ0n) is 12.4. The molecule has 0 amide bonds. The molecule has 2 N–H and O–H groups in total. The zero-order chi connectivity index (χ0) is 14.5. The molecule has 0 bridgehead atoms. The van der Waals surface area contributed by atoms with E-state index < -0.39 is 0 Å². The molecule has 2 aliphatic rings. The second-order valence-electron chi connectivity index (χ2n) is 6.21. The number of ether oxygens (including phenoxy) is 1. The Morgan fingerprint density at radius 3 is 2.65 bits per heavy atom. The van der Waals surface area contributed by atoms with Crippen LogP contribution in [0.15, 0.2) is 6.07 Å². The minimum Gasteiger partial charge on any atom is -0.507 e. The first-order valence-corrected chi connectivity index (χ1v) is 7.43. The van der Waals surface area contributed by atoms with E-state index in [9.17, 15) is 10.3 Å². The number of hydrogen-bond donors (Lipinski definition) is 2. The number of hydroxylamine groups is 2. The van der Waals surface area contributed by atoms with Crippen molar-refractivity contribution >= 4 is 0 Å². The highest BCUT2D eigenvalue weighted by molar-refractivity contribution is 5.55. The number of nitrogens with zero attached hydrogens (tertiary/aromatic N) is 1. The van der Waals surface area contributed by atoms with Gasteiger partial charge in [-0.1, -0.05) is 6.92 Å². The van der Waals surface area contributed by atoms with Crippen LogP contribution >= 0.6 is 0 Å². The maximum absolute atomic E-state index is 10.3. The van der Waals surface area contributed by atoms with E-state index in [1.54, 1.807) is 7.05 Å². The topological polar surface area (TPSA) is 52.9 Å². The Morgan fingerprint density at radius 1 is 1.45 bits per heavy atom. The lowest BCUT2D eigenvalue weighted by Gasteiger charge is -2.49. The third-order valence-electron chi connectivity index (χ3n) is 4.96. The minimum absolute atomic E-state index is 0.101. The van der Waals surface area contributed by atoms with E-state index in [1.807, 2.05) is 19.9 Å². The average molecular weight is 277 g/mol. The van der Waals surface area contributed by atoms with Gasteiger partial charge in [-0.3, -0.25) is 0 Å². The van der Waals surface area contributed by atoms with Crippen LogP contribution in [-0.4, -0.2) is 28.0 Å². The first-order valence-electron chi connectivity index (χ1n) is 7.43. The van der Waals surface area contributed by atoms with Crippen LogP contribution in [0.25, 0.3) is 0 Å². The van der Waals surface area contributed by atoms with E-state index in [1.165, 1.54) is 11.5 Å². The summed E-state index contributed by atoms with van der Waals surface area (Å²) < 4.78 is 6.27. The molecule has 1 heterocycles. The van der Waals surface area contributed by atoms with Crippen LogP contribution in [0.4, 0.5) is 0 Å². The molecule has 3 rings (SSSR count). The van der Waals surface area contributed by atoms with E-state index in [2.05, 4.69) is 0 Å². The number of aromatic hydroxyl groups is 1. The van der Waals surface area contributed by atoms with E-state index >= 15 is 0 Å². The summed E-state index contributed by atoms with van der Waals surface area (Å²) in [5.41, 5.74) is 2.57. The highest BCUT2D eigenvalue weighted by Gasteiger charge is 2.47. The fourth-order valence-corrected chi connectivity index (χ4v) is 3.55. The van der Waals surface area contributed by atoms with Gasteiger partial charge in [0, 0.05) is 19.0 Å². The Balaban J connectivity index is 2.13. The minimum atomic E-state index is -0.108. The van der Waals surface area contributed by atoms with Gasteiger partial charge in [0.25, 0.3) is 0 Å². The Morgan fingerprint density at radius 2 is 2.15 bits per heavy atom. The summed E-state index contributed by atoms with van der Waals surface area (Å²) in [6.07, 6.45) is 4.86. The maximum Gasteiger partial charge on any atom is 0.125 e. The van der Waals surface area contributed by atoms with Crippen molar-refractivity contribution in [2.75, 3.05) is 7.05 Å². The molecule has 110 valence electrons. The van der Waals surface area contributed by atoms with Gasteiger partial charge in [-0.15, -0.1) is 0 Å². The van der Waals surface area contributed by atoms with Gasteiger partial charge in [0.05, 0.1) is 6.04 Å². The average Bonchev–Trinajstić information content (AvgIpc) is 2.39. The molecule has 0 aromatic heterocycles. The Kier molecular flexibility index (Phi) is 3.18. The van der Waals surface area contributed by atoms with Crippen molar-refractivity contribution in [1.82, 2.24) is 5.06 Å². The van der Waals surface area contributed by atoms with Crippen LogP contribution in [0.5, 0.6) is 11.5 Å². The molecule has 1 fully saturated rings. The zero-order valence-corrected chi connectivity index (χ0v) is 12.4. The van der Waals surface area contributed by atoms with E-state index in [4.69, 9.17) is 4.74 Å². The molecule has 4 heteroatoms. The second-order valence-corrected chi connectivity index (χ2v) is 6.21. The number of rotatable bonds is 2. The first-order chi connectivity index (χ1) is 9.47. The largest absolute Gasteiger partial charge is 0.507 e. The lowest BCUT2D eigenvalue weighted by molar-refractivity contribution is -0.145. The number of phenolic OH excluding ortho intramolecular Hbond substituents is 1. The van der Waals surface area contributed by atoms with Crippen molar-refractivity contribution in [2.24, 2.45) is 0 Å². The molecule has 1 unspecified atom stereocenters. The summed E-state index contributed by atoms with van der Waals surface area (Å²) in [7, 11) is 1.68. The predicted molar refractivity (Wildman–Crippen MR) is 76.3 cm³/mol. The van der Waals surface area contributed by atoms with Crippen LogP contribution in [-0.2, 0) is 6.42 Å². The van der Waals surface area contributed by atoms with Gasteiger partial charge in [0.15, 0.2) is 0 Å². The predicted octanol–water partition coefficient (Wildman–Crippen LogP) is 3.33. The third-order valence-corrected chi connectivity index (χ3v) is 4.96. The summed E-state index contributed by atoms with van der Waals surface area (Å²) in [4.78, 5) is 0. The Bertz CT molecular complexity index is 535. The monoisotopic (exact) mass is 277 g/mol. The summed E-state index contributed by atoms with van der Waals surface area (Å²) in [5, 5.41) is 21.6. The van der Waals surface area contributed by atoms with Crippen LogP contribution < -0.4 is 4.74 Å². The van der Waals surface area contributed by atoms with Crippen LogP contribution in [0, 0.1) is 6.92 Å². The molecule has 1 saturated carbocycles. The fourth-order valence-electron chi connectivity index (χ4n) is 3.55. The lowest BCUT2D eigenvalue weighted by atomic mass is 9.72. The van der Waals surface area contributed by atoms with Gasteiger partial charge in [-0.2, -0.15) is 5.06 Å². The van der Waals surface area contributed by atoms with Crippen molar-refractivity contribution in [3.8, 4) is 11.5 Å². The SMILES string of the molecule is CCc1cc2c(c(C)c1O)C(N(C)O)CC1(CCC1)O2. The molecule has 1 aromatic carbocycles. The molecular weight excluding hydrogens is 254 g/mol. The third kappa shape index (κ3) is 1.90. The Labute approximate surface area is 119 Å². The Hall–Kier alpha value is -1.26. The molecule has 20 heavy (non-hydrogen) atoms. The van der Waals surface area contributed by atoms with Crippen molar-refractivity contribution in [3.05, 3.63) is 22.8 Å². The van der Waals surface area contributed by atoms with Gasteiger partial charge in [-0.05, 0) is 49.8 Å². The summed E-state index contributed by atoms with van der Waals surface area (Å²) in [6.45, 7) is 3.93. The molecule has 4 nitrogen and oxygen atoms in total. The standard InChI is InChI=1S/C16H23NO3/c1-4-11-8-13-14(10(2)15(11)18)12(17(3)19)9-16(20-13)6-5-7-16/h8,12,18-19H,4-7,9H2,1-3H3. The fraction of sp³-hybridized carbons (Fsp3) is 0.625. The number of benzene rings is 1. The van der Waals surface area contributed by atoms with Gasteiger partial charge >= 0.3 is 0 Å². The lowest BCUT2D eigenvalue weighted by Crippen LogP contribution is -2.49. The summed E-state index contributed by atoms with van der Waals surface area (Å²) >= 11 is 0. The van der Waals surface area contributed by atoms with Gasteiger partial charge in [-0.25, -0.2) is 0 Å². The maximum atomic E-state index is 10.3. The number of hydrogen-bond acceptors (Lipinski definition) is 4. The highest BCUT2D eigenvalue weighted by atomic mass is 16.5. The normalized spacial score (nSPS) is 23.4. The molecule has 0 saturated heterocycles. The van der Waals surface area contributed by atoms with E-state index in [0.29, 0.717) is 5.75 Å². The van der Waals surface area contributed by atoms with Crippen molar-refractivity contribution in [3.63, 3.8) is 0 Å². The van der Waals surface area contributed by atoms with Crippen LogP contribution in [0.3, 0.4) is 0 Å². The molecular formula is C16H23NO3. The van der Waals surface area contributed by atoms with Gasteiger partial charge < -0.3 is 15.1 Å². The molecule has 1 atom stereocenters. The second kappa shape index (κ2) is 4.64. The van der Waals surface area contributed by atoms with Crippen LogP contribution in [0.1, 0.15) is 55.3 Å². The van der Waals surface area contributed by atoms with Gasteiger partial charge in [0.1, 0.15) is 17.1 Å². The van der Waals surface area contributed by atoms with E-state index in [0.717, 1.165) is 48.1 Å². The molecule has 1 aliphatic heterocycles. The van der Waals surface area contributed by atoms with Gasteiger partial charge in [0.2, 0.25) is 0 Å². The van der Waals surface area contributed by atoms with Crippen molar-refractivity contribution in [2.45, 2.75) is 57.6 Å². The summed E-state index contributed by atoms with van der Waals surface area (Å²) in [6, 6.07) is 1.85. The highest BCUT2D eigenvalue weighted by Crippen LogP contribution is 2.52. The molecule has 0 radical (unpaired) electrons. The smallest absolute Gasteiger partial charge is 0.125 e. The van der Waals surface area contributed by atoms with E-state index in [-0.39, 0.29) is 11.6 Å². The van der Waals surface area contributed by atoms with Crippen LogP contribution in [0.2, 0.25) is 0 Å². The summed E-state index contributed by atoms with van der Waals surface area (Å²) in [5.74, 6) is 1.18. The number of phenols is 1. The van der Waals surface area contributed by atoms with Crippen molar-refractivity contribution < 1.29 is 15.1 Å². The number of aryl methyl sites for hydroxylation is 1. The number of fused-ring (bicyclic) bond motifs is 1. The molecule has 1 aromatic rings. The molecule has 1 spiro atoms. The first kappa shape index (κ1) is 13.7. The molecule has 1 aliphatic carbocycles. The quantitative estimate of drug-likeness (QED) is 0.814. The van der Waals surface area contributed by atoms with Crippen molar-refractivity contribution in [1.29, 1.82) is 0 Å².